The zero-order chi connectivity index (χ0) is 13.8. The third kappa shape index (κ3) is 3.16. The summed E-state index contributed by atoms with van der Waals surface area (Å²) in [7, 11) is 1.67. The van der Waals surface area contributed by atoms with E-state index in [2.05, 4.69) is 32.8 Å². The van der Waals surface area contributed by atoms with E-state index in [1.807, 2.05) is 24.4 Å². The molecule has 1 aromatic carbocycles. The van der Waals surface area contributed by atoms with E-state index in [9.17, 15) is 0 Å². The Morgan fingerprint density at radius 3 is 2.95 bits per heavy atom. The van der Waals surface area contributed by atoms with Crippen LogP contribution >= 0.6 is 15.9 Å². The lowest BCUT2D eigenvalue weighted by molar-refractivity contribution is 0.416. The Morgan fingerprint density at radius 1 is 1.47 bits per heavy atom. The van der Waals surface area contributed by atoms with Gasteiger partial charge in [0.25, 0.3) is 0 Å². The highest BCUT2D eigenvalue weighted by Gasteiger charge is 2.13. The Hall–Kier alpha value is -1.33. The maximum Gasteiger partial charge on any atom is 0.128 e. The van der Waals surface area contributed by atoms with E-state index in [1.165, 1.54) is 0 Å². The van der Waals surface area contributed by atoms with Gasteiger partial charge in [0.2, 0.25) is 0 Å². The van der Waals surface area contributed by atoms with Crippen molar-refractivity contribution < 1.29 is 4.74 Å². The van der Waals surface area contributed by atoms with Gasteiger partial charge in [-0.1, -0.05) is 22.9 Å². The summed E-state index contributed by atoms with van der Waals surface area (Å²) in [5.74, 6) is 2.12. The lowest BCUT2D eigenvalue weighted by atomic mass is 10.1. The molecular weight excluding hydrogens is 306 g/mol. The normalized spacial score (nSPS) is 12.4. The summed E-state index contributed by atoms with van der Waals surface area (Å²) in [5.41, 5.74) is 7.53. The van der Waals surface area contributed by atoms with Crippen LogP contribution in [0.2, 0.25) is 0 Å². The highest BCUT2D eigenvalue weighted by Crippen LogP contribution is 2.32. The summed E-state index contributed by atoms with van der Waals surface area (Å²) in [6, 6.07) is 5.91. The average Bonchev–Trinajstić information content (AvgIpc) is 2.88. The number of ether oxygens (including phenoxy) is 1. The first-order chi connectivity index (χ1) is 9.15. The van der Waals surface area contributed by atoms with Crippen molar-refractivity contribution in [2.75, 3.05) is 13.7 Å². The molecule has 0 fully saturated rings. The summed E-state index contributed by atoms with van der Waals surface area (Å²) in [6.45, 7) is 2.78. The molecule has 0 saturated heterocycles. The Bertz CT molecular complexity index is 553. The minimum atomic E-state index is 0.330. The second-order valence-corrected chi connectivity index (χ2v) is 5.42. The van der Waals surface area contributed by atoms with Crippen LogP contribution in [0.5, 0.6) is 5.75 Å². The van der Waals surface area contributed by atoms with Crippen LogP contribution in [0.1, 0.15) is 25.1 Å². The van der Waals surface area contributed by atoms with Crippen molar-refractivity contribution in [2.45, 2.75) is 19.3 Å². The minimum absolute atomic E-state index is 0.330. The molecule has 0 aliphatic heterocycles. The first-order valence-electron chi connectivity index (χ1n) is 6.24. The Kier molecular flexibility index (Phi) is 4.61. The quantitative estimate of drug-likeness (QED) is 0.887. The van der Waals surface area contributed by atoms with Crippen LogP contribution in [0.4, 0.5) is 0 Å². The van der Waals surface area contributed by atoms with Gasteiger partial charge in [-0.05, 0) is 31.2 Å². The Balaban J connectivity index is 2.34. The third-order valence-electron chi connectivity index (χ3n) is 3.11. The number of hydrogen-bond donors (Lipinski definition) is 2. The van der Waals surface area contributed by atoms with Crippen LogP contribution in [0, 0.1) is 0 Å². The van der Waals surface area contributed by atoms with Gasteiger partial charge in [-0.2, -0.15) is 0 Å². The molecule has 1 unspecified atom stereocenters. The van der Waals surface area contributed by atoms with E-state index in [4.69, 9.17) is 10.5 Å². The Morgan fingerprint density at radius 2 is 2.26 bits per heavy atom. The van der Waals surface area contributed by atoms with Crippen molar-refractivity contribution >= 4 is 15.9 Å². The largest absolute Gasteiger partial charge is 0.496 e. The van der Waals surface area contributed by atoms with E-state index in [0.717, 1.165) is 33.7 Å². The van der Waals surface area contributed by atoms with Gasteiger partial charge in [0.05, 0.1) is 19.0 Å². The van der Waals surface area contributed by atoms with E-state index in [1.54, 1.807) is 7.11 Å². The van der Waals surface area contributed by atoms with Gasteiger partial charge in [-0.15, -0.1) is 0 Å². The Labute approximate surface area is 121 Å². The highest BCUT2D eigenvalue weighted by molar-refractivity contribution is 9.10. The lowest BCUT2D eigenvalue weighted by Crippen LogP contribution is -2.05. The number of halogens is 1. The number of methoxy groups -OCH3 is 1. The topological polar surface area (TPSA) is 63.9 Å². The van der Waals surface area contributed by atoms with Crippen LogP contribution < -0.4 is 10.5 Å². The van der Waals surface area contributed by atoms with Gasteiger partial charge in [0.1, 0.15) is 11.6 Å². The number of nitrogens with two attached hydrogens (primary N) is 1. The predicted octanol–water partition coefficient (Wildman–Crippen LogP) is 3.30. The standard InChI is InChI=1S/C14H18BrN3O/c1-9(5-6-16)14-17-8-12(18-14)11-7-10(15)3-4-13(11)19-2/h3-4,7-9H,5-6,16H2,1-2H3,(H,17,18). The van der Waals surface area contributed by atoms with Crippen molar-refractivity contribution in [3.8, 4) is 17.0 Å². The summed E-state index contributed by atoms with van der Waals surface area (Å²) >= 11 is 3.48. The van der Waals surface area contributed by atoms with Crippen LogP contribution in [0.3, 0.4) is 0 Å². The number of benzene rings is 1. The predicted molar refractivity (Wildman–Crippen MR) is 80.4 cm³/mol. The van der Waals surface area contributed by atoms with Crippen molar-refractivity contribution in [2.24, 2.45) is 5.73 Å². The molecule has 4 nitrogen and oxygen atoms in total. The van der Waals surface area contributed by atoms with Crippen molar-refractivity contribution in [1.82, 2.24) is 9.97 Å². The zero-order valence-electron chi connectivity index (χ0n) is 11.1. The average molecular weight is 324 g/mol. The molecule has 1 aromatic heterocycles. The molecule has 0 aliphatic rings. The number of rotatable bonds is 5. The molecule has 0 saturated carbocycles. The summed E-state index contributed by atoms with van der Waals surface area (Å²) < 4.78 is 6.39. The van der Waals surface area contributed by atoms with E-state index in [-0.39, 0.29) is 0 Å². The van der Waals surface area contributed by atoms with E-state index in [0.29, 0.717) is 12.5 Å². The van der Waals surface area contributed by atoms with Gasteiger partial charge in [0.15, 0.2) is 0 Å². The summed E-state index contributed by atoms with van der Waals surface area (Å²) in [5, 5.41) is 0. The lowest BCUT2D eigenvalue weighted by Gasteiger charge is -2.08. The molecule has 2 aromatic rings. The van der Waals surface area contributed by atoms with Gasteiger partial charge in [0, 0.05) is 16.0 Å². The first-order valence-corrected chi connectivity index (χ1v) is 7.04. The second kappa shape index (κ2) is 6.21. The molecule has 3 N–H and O–H groups in total. The molecule has 0 radical (unpaired) electrons. The number of nitrogens with one attached hydrogen (secondary N) is 1. The molecule has 19 heavy (non-hydrogen) atoms. The summed E-state index contributed by atoms with van der Waals surface area (Å²) in [4.78, 5) is 7.78. The molecule has 2 rings (SSSR count). The van der Waals surface area contributed by atoms with Gasteiger partial charge >= 0.3 is 0 Å². The van der Waals surface area contributed by atoms with Crippen LogP contribution in [-0.4, -0.2) is 23.6 Å². The monoisotopic (exact) mass is 323 g/mol. The fourth-order valence-corrected chi connectivity index (χ4v) is 2.36. The van der Waals surface area contributed by atoms with Crippen LogP contribution in [-0.2, 0) is 0 Å². The number of aromatic amines is 1. The van der Waals surface area contributed by atoms with Crippen LogP contribution in [0.15, 0.2) is 28.9 Å². The molecule has 1 atom stereocenters. The number of H-pyrrole nitrogens is 1. The van der Waals surface area contributed by atoms with Crippen molar-refractivity contribution in [3.63, 3.8) is 0 Å². The molecule has 0 bridgehead atoms. The molecule has 0 amide bonds. The van der Waals surface area contributed by atoms with Gasteiger partial charge in [-0.25, -0.2) is 4.98 Å². The second-order valence-electron chi connectivity index (χ2n) is 4.51. The number of hydrogen-bond acceptors (Lipinski definition) is 3. The third-order valence-corrected chi connectivity index (χ3v) is 3.61. The molecule has 5 heteroatoms. The smallest absolute Gasteiger partial charge is 0.128 e. The molecule has 102 valence electrons. The minimum Gasteiger partial charge on any atom is -0.496 e. The summed E-state index contributed by atoms with van der Waals surface area (Å²) in [6.07, 6.45) is 2.76. The van der Waals surface area contributed by atoms with E-state index >= 15 is 0 Å². The zero-order valence-corrected chi connectivity index (χ0v) is 12.7. The molecule has 0 spiro atoms. The molecular formula is C14H18BrN3O. The SMILES string of the molecule is COc1ccc(Br)cc1-c1cnc(C(C)CCN)[nH]1. The maximum absolute atomic E-state index is 5.58. The van der Waals surface area contributed by atoms with Gasteiger partial charge < -0.3 is 15.5 Å². The van der Waals surface area contributed by atoms with Crippen molar-refractivity contribution in [1.29, 1.82) is 0 Å². The van der Waals surface area contributed by atoms with Crippen LogP contribution in [0.25, 0.3) is 11.3 Å². The van der Waals surface area contributed by atoms with E-state index < -0.39 is 0 Å². The fourth-order valence-electron chi connectivity index (χ4n) is 2.00. The fraction of sp³-hybridized carbons (Fsp3) is 0.357. The van der Waals surface area contributed by atoms with Gasteiger partial charge in [-0.3, -0.25) is 0 Å². The highest BCUT2D eigenvalue weighted by atomic mass is 79.9. The molecule has 0 aliphatic carbocycles. The number of imidazole rings is 1. The van der Waals surface area contributed by atoms with Crippen molar-refractivity contribution in [3.05, 3.63) is 34.7 Å². The number of nitrogens with zero attached hydrogens (tertiary/aromatic N) is 1. The maximum atomic E-state index is 5.58. The first kappa shape index (κ1) is 14.1. The molecule has 1 heterocycles. The number of aromatic nitrogens is 2.